The molecule has 1 aromatic carbocycles. The summed E-state index contributed by atoms with van der Waals surface area (Å²) in [6.45, 7) is 0.839. The molecule has 0 unspecified atom stereocenters. The van der Waals surface area contributed by atoms with Crippen LogP contribution < -0.4 is 5.32 Å². The fraction of sp³-hybridized carbons (Fsp3) is 0.500. The summed E-state index contributed by atoms with van der Waals surface area (Å²) in [7, 11) is 0. The van der Waals surface area contributed by atoms with Gasteiger partial charge in [0.15, 0.2) is 0 Å². The maximum atomic E-state index is 11.6. The van der Waals surface area contributed by atoms with E-state index in [0.717, 1.165) is 17.9 Å². The summed E-state index contributed by atoms with van der Waals surface area (Å²) in [5.41, 5.74) is 1.09. The third-order valence-electron chi connectivity index (χ3n) is 3.30. The van der Waals surface area contributed by atoms with Crippen LogP contribution in [-0.2, 0) is 10.5 Å². The molecule has 2 nitrogen and oxygen atoms in total. The molecule has 0 atom stereocenters. The molecular weight excluding hydrogens is 301 g/mol. The minimum Gasteiger partial charge on any atom is -0.355 e. The number of nitrogens with one attached hydrogen (secondary N) is 1. The molecule has 1 aliphatic carbocycles. The summed E-state index contributed by atoms with van der Waals surface area (Å²) in [6.07, 6.45) is 3.83. The Labute approximate surface area is 128 Å². The predicted octanol–water partition coefficient (Wildman–Crippen LogP) is 4.14. The van der Waals surface area contributed by atoms with E-state index in [0.29, 0.717) is 21.7 Å². The Balaban J connectivity index is 1.64. The number of halogens is 2. The lowest BCUT2D eigenvalue weighted by Crippen LogP contribution is -2.33. The zero-order chi connectivity index (χ0) is 13.7. The van der Waals surface area contributed by atoms with Crippen LogP contribution in [-0.4, -0.2) is 18.2 Å². The number of benzene rings is 1. The average Bonchev–Trinajstić information content (AvgIpc) is 2.32. The summed E-state index contributed by atoms with van der Waals surface area (Å²) in [5.74, 6) is 2.10. The molecule has 1 amide bonds. The molecule has 0 heterocycles. The highest BCUT2D eigenvalue weighted by Crippen LogP contribution is 2.26. The van der Waals surface area contributed by atoms with Gasteiger partial charge in [-0.25, -0.2) is 0 Å². The molecule has 1 aliphatic rings. The second-order valence-electron chi connectivity index (χ2n) is 4.84. The fourth-order valence-corrected chi connectivity index (χ4v) is 3.02. The zero-order valence-corrected chi connectivity index (χ0v) is 13.0. The number of amides is 1. The van der Waals surface area contributed by atoms with Crippen LogP contribution in [0.1, 0.15) is 24.8 Å². The molecule has 1 fully saturated rings. The van der Waals surface area contributed by atoms with E-state index < -0.39 is 0 Å². The molecule has 5 heteroatoms. The van der Waals surface area contributed by atoms with Crippen LogP contribution in [0.2, 0.25) is 10.0 Å². The van der Waals surface area contributed by atoms with Crippen LogP contribution in [0.15, 0.2) is 18.2 Å². The van der Waals surface area contributed by atoms with Gasteiger partial charge in [-0.2, -0.15) is 0 Å². The fourth-order valence-electron chi connectivity index (χ4n) is 1.90. The molecule has 0 radical (unpaired) electrons. The Kier molecular flexibility index (Phi) is 5.86. The lowest BCUT2D eigenvalue weighted by atomic mass is 9.85. The highest BCUT2D eigenvalue weighted by molar-refractivity contribution is 7.99. The molecule has 104 valence electrons. The first kappa shape index (κ1) is 15.0. The van der Waals surface area contributed by atoms with E-state index in [1.807, 2.05) is 12.1 Å². The molecule has 2 rings (SSSR count). The van der Waals surface area contributed by atoms with Gasteiger partial charge in [0.1, 0.15) is 0 Å². The number of hydrogen-bond acceptors (Lipinski definition) is 2. The monoisotopic (exact) mass is 317 g/mol. The van der Waals surface area contributed by atoms with E-state index in [2.05, 4.69) is 5.32 Å². The summed E-state index contributed by atoms with van der Waals surface area (Å²) in [5, 5.41) is 4.11. The summed E-state index contributed by atoms with van der Waals surface area (Å²) in [4.78, 5) is 11.6. The topological polar surface area (TPSA) is 29.1 Å². The van der Waals surface area contributed by atoms with Gasteiger partial charge in [0.2, 0.25) is 5.91 Å². The standard InChI is InChI=1S/C14H17Cl2NOS/c15-12-5-4-11(6-13(12)16)8-19-9-14(18)17-7-10-2-1-3-10/h4-6,10H,1-3,7-9H2,(H,17,18). The molecule has 1 aromatic rings. The van der Waals surface area contributed by atoms with Crippen LogP contribution in [0.5, 0.6) is 0 Å². The van der Waals surface area contributed by atoms with Crippen molar-refractivity contribution in [3.8, 4) is 0 Å². The largest absolute Gasteiger partial charge is 0.355 e. The smallest absolute Gasteiger partial charge is 0.230 e. The van der Waals surface area contributed by atoms with Crippen molar-refractivity contribution in [3.05, 3.63) is 33.8 Å². The number of carbonyl (C=O) groups is 1. The molecule has 0 saturated heterocycles. The van der Waals surface area contributed by atoms with Crippen molar-refractivity contribution >= 4 is 40.9 Å². The number of hydrogen-bond donors (Lipinski definition) is 1. The molecule has 19 heavy (non-hydrogen) atoms. The normalized spacial score (nSPS) is 15.1. The maximum absolute atomic E-state index is 11.6. The minimum absolute atomic E-state index is 0.122. The van der Waals surface area contributed by atoms with Crippen molar-refractivity contribution in [1.29, 1.82) is 0 Å². The van der Waals surface area contributed by atoms with Crippen molar-refractivity contribution in [2.75, 3.05) is 12.3 Å². The zero-order valence-electron chi connectivity index (χ0n) is 10.6. The van der Waals surface area contributed by atoms with Crippen molar-refractivity contribution in [3.63, 3.8) is 0 Å². The highest BCUT2D eigenvalue weighted by atomic mass is 35.5. The van der Waals surface area contributed by atoms with E-state index >= 15 is 0 Å². The van der Waals surface area contributed by atoms with Gasteiger partial charge in [-0.3, -0.25) is 4.79 Å². The van der Waals surface area contributed by atoms with E-state index in [1.165, 1.54) is 19.3 Å². The summed E-state index contributed by atoms with van der Waals surface area (Å²) >= 11 is 13.4. The Morgan fingerprint density at radius 3 is 2.74 bits per heavy atom. The molecule has 0 aromatic heterocycles. The van der Waals surface area contributed by atoms with Crippen molar-refractivity contribution in [2.24, 2.45) is 5.92 Å². The van der Waals surface area contributed by atoms with Gasteiger partial charge in [0.05, 0.1) is 15.8 Å². The van der Waals surface area contributed by atoms with Gasteiger partial charge >= 0.3 is 0 Å². The SMILES string of the molecule is O=C(CSCc1ccc(Cl)c(Cl)c1)NCC1CCC1. The first-order valence-corrected chi connectivity index (χ1v) is 8.34. The lowest BCUT2D eigenvalue weighted by molar-refractivity contribution is -0.118. The van der Waals surface area contributed by atoms with Crippen LogP contribution in [0, 0.1) is 5.92 Å². The van der Waals surface area contributed by atoms with Gasteiger partial charge < -0.3 is 5.32 Å². The molecule has 0 bridgehead atoms. The predicted molar refractivity (Wildman–Crippen MR) is 83.0 cm³/mol. The molecule has 0 aliphatic heterocycles. The van der Waals surface area contributed by atoms with Crippen molar-refractivity contribution < 1.29 is 4.79 Å². The summed E-state index contributed by atoms with van der Waals surface area (Å²) < 4.78 is 0. The second kappa shape index (κ2) is 7.41. The average molecular weight is 318 g/mol. The highest BCUT2D eigenvalue weighted by Gasteiger charge is 2.17. The van der Waals surface area contributed by atoms with Gasteiger partial charge in [-0.1, -0.05) is 35.7 Å². The number of rotatable bonds is 6. The minimum atomic E-state index is 0.122. The van der Waals surface area contributed by atoms with E-state index in [9.17, 15) is 4.79 Å². The summed E-state index contributed by atoms with van der Waals surface area (Å²) in [6, 6.07) is 5.58. The van der Waals surface area contributed by atoms with Crippen LogP contribution >= 0.6 is 35.0 Å². The molecule has 1 N–H and O–H groups in total. The van der Waals surface area contributed by atoms with Crippen molar-refractivity contribution in [1.82, 2.24) is 5.32 Å². The molecule has 1 saturated carbocycles. The van der Waals surface area contributed by atoms with Crippen molar-refractivity contribution in [2.45, 2.75) is 25.0 Å². The van der Waals surface area contributed by atoms with Crippen LogP contribution in [0.25, 0.3) is 0 Å². The Morgan fingerprint density at radius 2 is 2.11 bits per heavy atom. The van der Waals surface area contributed by atoms with Crippen LogP contribution in [0.3, 0.4) is 0 Å². The third-order valence-corrected chi connectivity index (χ3v) is 5.04. The quantitative estimate of drug-likeness (QED) is 0.854. The van der Waals surface area contributed by atoms with Gasteiger partial charge in [0.25, 0.3) is 0 Å². The van der Waals surface area contributed by atoms with Crippen LogP contribution in [0.4, 0.5) is 0 Å². The Bertz CT molecular complexity index is 449. The van der Waals surface area contributed by atoms with Gasteiger partial charge in [0, 0.05) is 12.3 Å². The van der Waals surface area contributed by atoms with E-state index in [1.54, 1.807) is 17.8 Å². The van der Waals surface area contributed by atoms with Gasteiger partial charge in [-0.05, 0) is 36.5 Å². The van der Waals surface area contributed by atoms with E-state index in [4.69, 9.17) is 23.2 Å². The number of carbonyl (C=O) groups excluding carboxylic acids is 1. The van der Waals surface area contributed by atoms with E-state index in [-0.39, 0.29) is 5.91 Å². The second-order valence-corrected chi connectivity index (χ2v) is 6.64. The maximum Gasteiger partial charge on any atom is 0.230 e. The Morgan fingerprint density at radius 1 is 1.32 bits per heavy atom. The first-order chi connectivity index (χ1) is 9.15. The number of thioether (sulfide) groups is 1. The van der Waals surface area contributed by atoms with Gasteiger partial charge in [-0.15, -0.1) is 11.8 Å². The Hall–Kier alpha value is -0.380. The molecular formula is C14H17Cl2NOS. The lowest BCUT2D eigenvalue weighted by Gasteiger charge is -2.25. The third kappa shape index (κ3) is 4.90. The molecule has 0 spiro atoms. The first-order valence-electron chi connectivity index (χ1n) is 6.43.